The summed E-state index contributed by atoms with van der Waals surface area (Å²) in [5, 5.41) is 2.48. The van der Waals surface area contributed by atoms with Crippen LogP contribution in [0, 0.1) is 9.49 Å². The largest absolute Gasteiger partial charge is 0.390 e. The molecule has 0 bridgehead atoms. The Hall–Kier alpha value is -1.09. The summed E-state index contributed by atoms with van der Waals surface area (Å²) >= 11 is 7.94. The lowest BCUT2D eigenvalue weighted by Gasteiger charge is -2.19. The van der Waals surface area contributed by atoms with Gasteiger partial charge >= 0.3 is 6.18 Å². The first kappa shape index (κ1) is 19.2. The van der Waals surface area contributed by atoms with Crippen LogP contribution in [0.15, 0.2) is 30.5 Å². The van der Waals surface area contributed by atoms with Crippen LogP contribution in [0.5, 0.6) is 0 Å². The number of nitrogens with one attached hydrogen (secondary N) is 1. The van der Waals surface area contributed by atoms with E-state index < -0.39 is 23.9 Å². The van der Waals surface area contributed by atoms with E-state index in [0.29, 0.717) is 11.2 Å². The Bertz CT molecular complexity index is 739. The molecule has 2 atom stereocenters. The van der Waals surface area contributed by atoms with Crippen molar-refractivity contribution in [2.75, 3.05) is 5.32 Å². The average Bonchev–Trinajstić information content (AvgIpc) is 2.48. The lowest BCUT2D eigenvalue weighted by Crippen LogP contribution is -2.25. The highest BCUT2D eigenvalue weighted by Crippen LogP contribution is 2.30. The maximum absolute atomic E-state index is 12.4. The number of hydrogen-bond acceptors (Lipinski definition) is 2. The van der Waals surface area contributed by atoms with Crippen molar-refractivity contribution >= 4 is 56.7 Å². The van der Waals surface area contributed by atoms with Crippen molar-refractivity contribution in [1.29, 1.82) is 0 Å². The zero-order valence-electron chi connectivity index (χ0n) is 12.7. The van der Waals surface area contributed by atoms with Gasteiger partial charge in [-0.2, -0.15) is 13.2 Å². The van der Waals surface area contributed by atoms with Gasteiger partial charge in [0, 0.05) is 27.0 Å². The van der Waals surface area contributed by atoms with Crippen molar-refractivity contribution in [3.05, 3.63) is 34.0 Å². The second-order valence-corrected chi connectivity index (χ2v) is 7.28. The zero-order chi connectivity index (χ0) is 17.9. The molecule has 1 aromatic carbocycles. The van der Waals surface area contributed by atoms with Gasteiger partial charge in [0.2, 0.25) is 5.91 Å². The zero-order valence-corrected chi connectivity index (χ0v) is 15.6. The predicted octanol–water partition coefficient (Wildman–Crippen LogP) is 5.36. The first-order chi connectivity index (χ1) is 11.2. The highest BCUT2D eigenvalue weighted by molar-refractivity contribution is 14.1. The third-order valence-corrected chi connectivity index (χ3v) is 5.07. The number of fused-ring (bicyclic) bond motifs is 1. The topological polar surface area (TPSA) is 42.0 Å². The fourth-order valence-corrected chi connectivity index (χ4v) is 3.16. The number of pyridine rings is 1. The quantitative estimate of drug-likeness (QED) is 0.472. The Labute approximate surface area is 156 Å². The second kappa shape index (κ2) is 7.86. The molecule has 0 aliphatic heterocycles. The Morgan fingerprint density at radius 1 is 1.38 bits per heavy atom. The van der Waals surface area contributed by atoms with E-state index in [4.69, 9.17) is 11.6 Å². The van der Waals surface area contributed by atoms with Gasteiger partial charge in [-0.1, -0.05) is 13.0 Å². The molecular weight excluding hydrogens is 456 g/mol. The lowest BCUT2D eigenvalue weighted by molar-refractivity contribution is -0.137. The van der Waals surface area contributed by atoms with Crippen LogP contribution < -0.4 is 5.32 Å². The van der Waals surface area contributed by atoms with E-state index >= 15 is 0 Å². The summed E-state index contributed by atoms with van der Waals surface area (Å²) in [4.78, 5) is 16.4. The third-order valence-electron chi connectivity index (χ3n) is 3.54. The molecule has 8 heteroatoms. The van der Waals surface area contributed by atoms with Crippen molar-refractivity contribution in [2.24, 2.45) is 5.92 Å². The molecule has 2 rings (SSSR count). The standard InChI is InChI=1S/C16H15ClF3IN2O/c1-9(11(17)8-16(18,19)20)7-14(24)23-13-5-4-12(21)10-3-2-6-22-15(10)13/h2-6,9,11H,7-8H2,1H3,(H,23,24). The summed E-state index contributed by atoms with van der Waals surface area (Å²) in [5.41, 5.74) is 1.17. The SMILES string of the molecule is CC(CC(=O)Nc1ccc(I)c2cccnc12)C(Cl)CC(F)(F)F. The van der Waals surface area contributed by atoms with Crippen LogP contribution in [-0.4, -0.2) is 22.4 Å². The van der Waals surface area contributed by atoms with Gasteiger partial charge in [0.25, 0.3) is 0 Å². The molecule has 1 amide bonds. The first-order valence-electron chi connectivity index (χ1n) is 7.21. The minimum atomic E-state index is -4.34. The average molecular weight is 471 g/mol. The summed E-state index contributed by atoms with van der Waals surface area (Å²) in [7, 11) is 0. The number of carbonyl (C=O) groups excluding carboxylic acids is 1. The van der Waals surface area contributed by atoms with Crippen molar-refractivity contribution in [2.45, 2.75) is 31.3 Å². The van der Waals surface area contributed by atoms with Crippen LogP contribution in [0.25, 0.3) is 10.9 Å². The summed E-state index contributed by atoms with van der Waals surface area (Å²) in [6, 6.07) is 7.26. The Morgan fingerprint density at radius 2 is 2.08 bits per heavy atom. The van der Waals surface area contributed by atoms with E-state index in [1.54, 1.807) is 18.3 Å². The molecule has 0 radical (unpaired) electrons. The number of benzene rings is 1. The molecule has 2 aromatic rings. The molecule has 1 aromatic heterocycles. The Balaban J connectivity index is 2.07. The van der Waals surface area contributed by atoms with Gasteiger partial charge in [-0.3, -0.25) is 9.78 Å². The van der Waals surface area contributed by atoms with Gasteiger partial charge in [-0.05, 0) is 46.7 Å². The second-order valence-electron chi connectivity index (χ2n) is 5.56. The maximum atomic E-state index is 12.4. The molecule has 1 heterocycles. The third kappa shape index (κ3) is 5.20. The van der Waals surface area contributed by atoms with Crippen LogP contribution in [0.2, 0.25) is 0 Å². The van der Waals surface area contributed by atoms with Crippen molar-refractivity contribution in [1.82, 2.24) is 4.98 Å². The highest BCUT2D eigenvalue weighted by atomic mass is 127. The first-order valence-corrected chi connectivity index (χ1v) is 8.73. The van der Waals surface area contributed by atoms with E-state index in [9.17, 15) is 18.0 Å². The van der Waals surface area contributed by atoms with Crippen molar-refractivity contribution < 1.29 is 18.0 Å². The molecular formula is C16H15ClF3IN2O. The molecule has 0 aliphatic rings. The molecule has 0 saturated heterocycles. The molecule has 0 saturated carbocycles. The lowest BCUT2D eigenvalue weighted by atomic mass is 10.0. The van der Waals surface area contributed by atoms with Gasteiger partial charge in [0.05, 0.1) is 17.6 Å². The van der Waals surface area contributed by atoms with Crippen LogP contribution >= 0.6 is 34.2 Å². The minimum Gasteiger partial charge on any atom is -0.324 e. The molecule has 1 N–H and O–H groups in total. The number of halogens is 5. The van der Waals surface area contributed by atoms with Gasteiger partial charge < -0.3 is 5.32 Å². The Kier molecular flexibility index (Phi) is 6.30. The normalized spacial score (nSPS) is 14.4. The van der Waals surface area contributed by atoms with Crippen molar-refractivity contribution in [3.8, 4) is 0 Å². The number of carbonyl (C=O) groups is 1. The maximum Gasteiger partial charge on any atom is 0.390 e. The summed E-state index contributed by atoms with van der Waals surface area (Å²) in [6.45, 7) is 1.53. The summed E-state index contributed by atoms with van der Waals surface area (Å²) in [6.07, 6.45) is -3.93. The fourth-order valence-electron chi connectivity index (χ4n) is 2.28. The number of alkyl halides is 4. The van der Waals surface area contributed by atoms with Crippen LogP contribution in [-0.2, 0) is 4.79 Å². The summed E-state index contributed by atoms with van der Waals surface area (Å²) in [5.74, 6) is -0.986. The molecule has 24 heavy (non-hydrogen) atoms. The Morgan fingerprint density at radius 3 is 2.75 bits per heavy atom. The molecule has 0 fully saturated rings. The van der Waals surface area contributed by atoms with E-state index in [2.05, 4.69) is 32.9 Å². The van der Waals surface area contributed by atoms with E-state index in [-0.39, 0.29) is 12.3 Å². The van der Waals surface area contributed by atoms with Crippen LogP contribution in [0.4, 0.5) is 18.9 Å². The fraction of sp³-hybridized carbons (Fsp3) is 0.375. The number of aromatic nitrogens is 1. The monoisotopic (exact) mass is 470 g/mol. The predicted molar refractivity (Wildman–Crippen MR) is 97.2 cm³/mol. The number of anilines is 1. The van der Waals surface area contributed by atoms with Gasteiger partial charge in [0.15, 0.2) is 0 Å². The van der Waals surface area contributed by atoms with Gasteiger partial charge in [-0.15, -0.1) is 11.6 Å². The number of hydrogen-bond donors (Lipinski definition) is 1. The summed E-state index contributed by atoms with van der Waals surface area (Å²) < 4.78 is 38.1. The number of nitrogens with zero attached hydrogens (tertiary/aromatic N) is 1. The van der Waals surface area contributed by atoms with Gasteiger partial charge in [-0.25, -0.2) is 0 Å². The minimum absolute atomic E-state index is 0.0927. The van der Waals surface area contributed by atoms with E-state index in [1.165, 1.54) is 6.92 Å². The van der Waals surface area contributed by atoms with E-state index in [1.807, 2.05) is 12.1 Å². The van der Waals surface area contributed by atoms with E-state index in [0.717, 1.165) is 8.96 Å². The molecule has 2 unspecified atom stereocenters. The smallest absolute Gasteiger partial charge is 0.324 e. The molecule has 130 valence electrons. The highest BCUT2D eigenvalue weighted by Gasteiger charge is 2.33. The molecule has 0 aliphatic carbocycles. The number of rotatable bonds is 5. The van der Waals surface area contributed by atoms with Gasteiger partial charge in [0.1, 0.15) is 0 Å². The van der Waals surface area contributed by atoms with Crippen LogP contribution in [0.3, 0.4) is 0 Å². The molecule has 0 spiro atoms. The van der Waals surface area contributed by atoms with Crippen LogP contribution in [0.1, 0.15) is 19.8 Å². The number of amides is 1. The molecule has 3 nitrogen and oxygen atoms in total. The van der Waals surface area contributed by atoms with Crippen molar-refractivity contribution in [3.63, 3.8) is 0 Å².